The molecule has 0 atom stereocenters. The Labute approximate surface area is 159 Å². The van der Waals surface area contributed by atoms with Gasteiger partial charge in [-0.3, -0.25) is 4.79 Å². The van der Waals surface area contributed by atoms with Crippen molar-refractivity contribution in [3.8, 4) is 0 Å². The molecule has 0 aliphatic carbocycles. The van der Waals surface area contributed by atoms with Crippen LogP contribution in [0.5, 0.6) is 0 Å². The lowest BCUT2D eigenvalue weighted by atomic mass is 10.1. The number of sulfonamides is 1. The van der Waals surface area contributed by atoms with E-state index in [-0.39, 0.29) is 21.4 Å². The Balaban J connectivity index is 1.85. The monoisotopic (exact) mass is 392 g/mol. The highest BCUT2D eigenvalue weighted by Crippen LogP contribution is 2.28. The number of carbonyl (C=O) groups excluding carboxylic acids is 1. The number of hydrogen-bond donors (Lipinski definition) is 1. The lowest BCUT2D eigenvalue weighted by Crippen LogP contribution is -2.28. The number of halogens is 1. The van der Waals surface area contributed by atoms with Crippen LogP contribution in [0, 0.1) is 0 Å². The van der Waals surface area contributed by atoms with Crippen LogP contribution in [0.4, 0.5) is 5.69 Å². The maximum absolute atomic E-state index is 12.8. The Hall–Kier alpha value is -1.89. The highest BCUT2D eigenvalue weighted by Gasteiger charge is 2.29. The molecule has 0 radical (unpaired) electrons. The Morgan fingerprint density at radius 1 is 1.12 bits per heavy atom. The molecule has 1 aliphatic rings. The number of anilines is 1. The van der Waals surface area contributed by atoms with Gasteiger partial charge in [0.2, 0.25) is 10.0 Å². The molecule has 7 heteroatoms. The Morgan fingerprint density at radius 2 is 1.77 bits per heavy atom. The smallest absolute Gasteiger partial charge is 0.255 e. The summed E-state index contributed by atoms with van der Waals surface area (Å²) in [5.74, 6) is -0.371. The highest BCUT2D eigenvalue weighted by atomic mass is 35.5. The molecule has 138 valence electrons. The third-order valence-electron chi connectivity index (χ3n) is 4.50. The molecule has 3 rings (SSSR count). The summed E-state index contributed by atoms with van der Waals surface area (Å²) < 4.78 is 27.0. The van der Waals surface area contributed by atoms with Crippen LogP contribution in [0.15, 0.2) is 47.4 Å². The SMILES string of the molecule is CCc1ccc(NC(=O)c2ccc(Cl)c(S(=O)(=O)N3CCCC3)c2)cc1. The van der Waals surface area contributed by atoms with Gasteiger partial charge in [-0.25, -0.2) is 8.42 Å². The van der Waals surface area contributed by atoms with Gasteiger partial charge in [-0.1, -0.05) is 30.7 Å². The van der Waals surface area contributed by atoms with Crippen LogP contribution in [-0.2, 0) is 16.4 Å². The van der Waals surface area contributed by atoms with E-state index in [0.717, 1.165) is 19.3 Å². The molecule has 1 N–H and O–H groups in total. The van der Waals surface area contributed by atoms with E-state index in [1.165, 1.54) is 28.1 Å². The minimum absolute atomic E-state index is 0.0185. The summed E-state index contributed by atoms with van der Waals surface area (Å²) in [5.41, 5.74) is 2.09. The van der Waals surface area contributed by atoms with Crippen LogP contribution in [0.25, 0.3) is 0 Å². The number of amides is 1. The van der Waals surface area contributed by atoms with Gasteiger partial charge in [0.1, 0.15) is 4.90 Å². The van der Waals surface area contributed by atoms with Crippen LogP contribution in [0.1, 0.15) is 35.7 Å². The van der Waals surface area contributed by atoms with E-state index in [0.29, 0.717) is 18.8 Å². The predicted molar refractivity (Wildman–Crippen MR) is 103 cm³/mol. The van der Waals surface area contributed by atoms with Gasteiger partial charge in [-0.2, -0.15) is 4.31 Å². The van der Waals surface area contributed by atoms with Gasteiger partial charge in [0.25, 0.3) is 5.91 Å². The van der Waals surface area contributed by atoms with Crippen molar-refractivity contribution < 1.29 is 13.2 Å². The van der Waals surface area contributed by atoms with Crippen LogP contribution < -0.4 is 5.32 Å². The van der Waals surface area contributed by atoms with E-state index < -0.39 is 10.0 Å². The second-order valence-electron chi connectivity index (χ2n) is 6.26. The average Bonchev–Trinajstić information content (AvgIpc) is 3.18. The van der Waals surface area contributed by atoms with E-state index in [2.05, 4.69) is 12.2 Å². The first-order chi connectivity index (χ1) is 12.4. The molecule has 0 unspecified atom stereocenters. The van der Waals surface area contributed by atoms with Crippen molar-refractivity contribution in [1.29, 1.82) is 0 Å². The summed E-state index contributed by atoms with van der Waals surface area (Å²) >= 11 is 6.12. The zero-order valence-electron chi connectivity index (χ0n) is 14.5. The van der Waals surface area contributed by atoms with Crippen LogP contribution >= 0.6 is 11.6 Å². The maximum Gasteiger partial charge on any atom is 0.255 e. The van der Waals surface area contributed by atoms with Gasteiger partial charge in [0.15, 0.2) is 0 Å². The van der Waals surface area contributed by atoms with Gasteiger partial charge in [-0.15, -0.1) is 0 Å². The fraction of sp³-hybridized carbons (Fsp3) is 0.316. The normalized spacial score (nSPS) is 15.2. The van der Waals surface area contributed by atoms with Gasteiger partial charge in [-0.05, 0) is 55.2 Å². The average molecular weight is 393 g/mol. The molecule has 26 heavy (non-hydrogen) atoms. The summed E-state index contributed by atoms with van der Waals surface area (Å²) in [7, 11) is -3.69. The van der Waals surface area contributed by atoms with Crippen molar-refractivity contribution >= 4 is 33.2 Å². The fourth-order valence-electron chi connectivity index (χ4n) is 2.94. The van der Waals surface area contributed by atoms with Crippen molar-refractivity contribution in [1.82, 2.24) is 4.31 Å². The summed E-state index contributed by atoms with van der Waals surface area (Å²) in [4.78, 5) is 12.5. The molecule has 0 bridgehead atoms. The summed E-state index contributed by atoms with van der Waals surface area (Å²) in [6.07, 6.45) is 2.60. The standard InChI is InChI=1S/C19H21ClN2O3S/c1-2-14-5-8-16(9-6-14)21-19(23)15-7-10-17(20)18(13-15)26(24,25)22-11-3-4-12-22/h5-10,13H,2-4,11-12H2,1H3,(H,21,23). The molecule has 0 aromatic heterocycles. The van der Waals surface area contributed by atoms with Crippen LogP contribution in [-0.4, -0.2) is 31.7 Å². The van der Waals surface area contributed by atoms with Crippen LogP contribution in [0.2, 0.25) is 5.02 Å². The number of benzene rings is 2. The number of aryl methyl sites for hydroxylation is 1. The fourth-order valence-corrected chi connectivity index (χ4v) is 4.95. The maximum atomic E-state index is 12.8. The van der Waals surface area contributed by atoms with E-state index in [9.17, 15) is 13.2 Å². The lowest BCUT2D eigenvalue weighted by molar-refractivity contribution is 0.102. The molecule has 1 aliphatic heterocycles. The number of rotatable bonds is 5. The quantitative estimate of drug-likeness (QED) is 0.838. The predicted octanol–water partition coefficient (Wildman–Crippen LogP) is 3.94. The van der Waals surface area contributed by atoms with Crippen molar-refractivity contribution in [2.45, 2.75) is 31.1 Å². The molecule has 1 amide bonds. The molecule has 1 heterocycles. The van der Waals surface area contributed by atoms with Crippen molar-refractivity contribution in [2.24, 2.45) is 0 Å². The Kier molecular flexibility index (Phi) is 5.65. The molecule has 2 aromatic rings. The van der Waals surface area contributed by atoms with Gasteiger partial charge in [0.05, 0.1) is 5.02 Å². The summed E-state index contributed by atoms with van der Waals surface area (Å²) in [6.45, 7) is 3.03. The largest absolute Gasteiger partial charge is 0.322 e. The molecular formula is C19H21ClN2O3S. The Morgan fingerprint density at radius 3 is 2.38 bits per heavy atom. The number of carbonyl (C=O) groups is 1. The summed E-state index contributed by atoms with van der Waals surface area (Å²) in [6, 6.07) is 11.9. The zero-order valence-corrected chi connectivity index (χ0v) is 16.1. The van der Waals surface area contributed by atoms with Crippen LogP contribution in [0.3, 0.4) is 0 Å². The molecule has 5 nitrogen and oxygen atoms in total. The number of hydrogen-bond acceptors (Lipinski definition) is 3. The van der Waals surface area contributed by atoms with Gasteiger partial charge in [0, 0.05) is 24.3 Å². The van der Waals surface area contributed by atoms with Crippen molar-refractivity contribution in [3.63, 3.8) is 0 Å². The molecule has 0 saturated carbocycles. The minimum Gasteiger partial charge on any atom is -0.322 e. The number of nitrogens with zero attached hydrogens (tertiary/aromatic N) is 1. The lowest BCUT2D eigenvalue weighted by Gasteiger charge is -2.17. The molecule has 1 fully saturated rings. The first-order valence-corrected chi connectivity index (χ1v) is 10.4. The van der Waals surface area contributed by atoms with E-state index in [1.807, 2.05) is 24.3 Å². The van der Waals surface area contributed by atoms with Crippen molar-refractivity contribution in [3.05, 3.63) is 58.6 Å². The molecule has 1 saturated heterocycles. The third kappa shape index (κ3) is 3.92. The highest BCUT2D eigenvalue weighted by molar-refractivity contribution is 7.89. The molecular weight excluding hydrogens is 372 g/mol. The summed E-state index contributed by atoms with van der Waals surface area (Å²) in [5, 5.41) is 2.91. The molecule has 2 aromatic carbocycles. The number of nitrogens with one attached hydrogen (secondary N) is 1. The first-order valence-electron chi connectivity index (χ1n) is 8.62. The zero-order chi connectivity index (χ0) is 18.7. The minimum atomic E-state index is -3.69. The first kappa shape index (κ1) is 18.9. The van der Waals surface area contributed by atoms with E-state index in [1.54, 1.807) is 0 Å². The molecule has 0 spiro atoms. The van der Waals surface area contributed by atoms with E-state index in [4.69, 9.17) is 11.6 Å². The second kappa shape index (κ2) is 7.78. The third-order valence-corrected chi connectivity index (χ3v) is 6.88. The van der Waals surface area contributed by atoms with Gasteiger partial charge < -0.3 is 5.32 Å². The topological polar surface area (TPSA) is 66.5 Å². The van der Waals surface area contributed by atoms with E-state index >= 15 is 0 Å². The second-order valence-corrected chi connectivity index (χ2v) is 8.57. The Bertz CT molecular complexity index is 905. The van der Waals surface area contributed by atoms with Crippen molar-refractivity contribution in [2.75, 3.05) is 18.4 Å². The van der Waals surface area contributed by atoms with Gasteiger partial charge >= 0.3 is 0 Å².